The van der Waals surface area contributed by atoms with Gasteiger partial charge in [0.15, 0.2) is 0 Å². The smallest absolute Gasteiger partial charge is 0.248 e. The van der Waals surface area contributed by atoms with Crippen molar-refractivity contribution in [3.8, 4) is 5.75 Å². The van der Waals surface area contributed by atoms with Crippen LogP contribution in [0.4, 0.5) is 11.4 Å². The second-order valence-electron chi connectivity index (χ2n) is 7.90. The molecule has 2 aromatic carbocycles. The molecule has 0 unspecified atom stereocenters. The van der Waals surface area contributed by atoms with E-state index in [0.717, 1.165) is 11.3 Å². The summed E-state index contributed by atoms with van der Waals surface area (Å²) in [6.07, 6.45) is 3.29. The molecule has 1 heterocycles. The van der Waals surface area contributed by atoms with Crippen LogP contribution >= 0.6 is 0 Å². The average Bonchev–Trinajstić information content (AvgIpc) is 2.65. The maximum Gasteiger partial charge on any atom is 0.248 e. The van der Waals surface area contributed by atoms with Crippen LogP contribution in [-0.2, 0) is 15.0 Å². The van der Waals surface area contributed by atoms with Crippen LogP contribution in [0.3, 0.4) is 0 Å². The summed E-state index contributed by atoms with van der Waals surface area (Å²) in [6.45, 7) is 9.01. The standard InChI is InChI=1S/C23H26N2O3/c1-16(26)25-13-14-28-21-15-19(10-11-20(21)25)24-22(27)12-7-17-5-8-18(9-6-17)23(2,3)4/h5-12,15H,13-14H2,1-4H3,(H,24,27). The highest BCUT2D eigenvalue weighted by molar-refractivity contribution is 6.02. The fourth-order valence-electron chi connectivity index (χ4n) is 3.07. The number of hydrogen-bond acceptors (Lipinski definition) is 3. The molecule has 0 aliphatic carbocycles. The molecule has 28 heavy (non-hydrogen) atoms. The quantitative estimate of drug-likeness (QED) is 0.807. The number of rotatable bonds is 3. The molecule has 1 N–H and O–H groups in total. The number of carbonyl (C=O) groups excluding carboxylic acids is 2. The maximum atomic E-state index is 12.2. The van der Waals surface area contributed by atoms with E-state index in [1.54, 1.807) is 29.2 Å². The number of anilines is 2. The first-order valence-electron chi connectivity index (χ1n) is 9.38. The Morgan fingerprint density at radius 3 is 2.46 bits per heavy atom. The predicted octanol–water partition coefficient (Wildman–Crippen LogP) is 4.38. The number of fused-ring (bicyclic) bond motifs is 1. The van der Waals surface area contributed by atoms with Crippen LogP contribution in [-0.4, -0.2) is 25.0 Å². The topological polar surface area (TPSA) is 58.6 Å². The minimum atomic E-state index is -0.223. The highest BCUT2D eigenvalue weighted by atomic mass is 16.5. The van der Waals surface area contributed by atoms with Crippen molar-refractivity contribution in [1.29, 1.82) is 0 Å². The van der Waals surface area contributed by atoms with Crippen LogP contribution in [0, 0.1) is 0 Å². The zero-order chi connectivity index (χ0) is 20.3. The van der Waals surface area contributed by atoms with E-state index in [0.29, 0.717) is 24.6 Å². The molecule has 0 saturated carbocycles. The minimum absolute atomic E-state index is 0.0262. The van der Waals surface area contributed by atoms with Crippen molar-refractivity contribution in [1.82, 2.24) is 0 Å². The molecule has 3 rings (SSSR count). The van der Waals surface area contributed by atoms with Gasteiger partial charge >= 0.3 is 0 Å². The van der Waals surface area contributed by atoms with E-state index >= 15 is 0 Å². The van der Waals surface area contributed by atoms with Crippen molar-refractivity contribution < 1.29 is 14.3 Å². The zero-order valence-electron chi connectivity index (χ0n) is 16.8. The average molecular weight is 378 g/mol. The summed E-state index contributed by atoms with van der Waals surface area (Å²) < 4.78 is 5.63. The second-order valence-corrected chi connectivity index (χ2v) is 7.90. The molecule has 0 radical (unpaired) electrons. The van der Waals surface area contributed by atoms with Crippen molar-refractivity contribution in [2.24, 2.45) is 0 Å². The van der Waals surface area contributed by atoms with E-state index in [9.17, 15) is 9.59 Å². The van der Waals surface area contributed by atoms with Gasteiger partial charge in [-0.15, -0.1) is 0 Å². The number of carbonyl (C=O) groups is 2. The summed E-state index contributed by atoms with van der Waals surface area (Å²) in [5.41, 5.74) is 3.68. The summed E-state index contributed by atoms with van der Waals surface area (Å²) in [4.78, 5) is 25.6. The van der Waals surface area contributed by atoms with Gasteiger partial charge in [-0.05, 0) is 34.8 Å². The summed E-state index contributed by atoms with van der Waals surface area (Å²) in [6, 6.07) is 13.5. The lowest BCUT2D eigenvalue weighted by Crippen LogP contribution is -2.36. The third-order valence-corrected chi connectivity index (χ3v) is 4.67. The van der Waals surface area contributed by atoms with Crippen molar-refractivity contribution in [3.63, 3.8) is 0 Å². The van der Waals surface area contributed by atoms with Gasteiger partial charge in [0.25, 0.3) is 0 Å². The van der Waals surface area contributed by atoms with Gasteiger partial charge in [-0.25, -0.2) is 0 Å². The molecule has 5 heteroatoms. The van der Waals surface area contributed by atoms with Crippen molar-refractivity contribution >= 4 is 29.3 Å². The van der Waals surface area contributed by atoms with E-state index in [-0.39, 0.29) is 17.2 Å². The van der Waals surface area contributed by atoms with Crippen molar-refractivity contribution in [2.45, 2.75) is 33.1 Å². The SMILES string of the molecule is CC(=O)N1CCOc2cc(NC(=O)C=Cc3ccc(C(C)(C)C)cc3)ccc21. The number of amides is 2. The predicted molar refractivity (Wildman–Crippen MR) is 113 cm³/mol. The lowest BCUT2D eigenvalue weighted by molar-refractivity contribution is -0.116. The number of hydrogen-bond donors (Lipinski definition) is 1. The van der Waals surface area contributed by atoms with Crippen LogP contribution in [0.2, 0.25) is 0 Å². The van der Waals surface area contributed by atoms with Gasteiger partial charge in [0, 0.05) is 24.8 Å². The van der Waals surface area contributed by atoms with Crippen LogP contribution < -0.4 is 15.0 Å². The minimum Gasteiger partial charge on any atom is -0.489 e. The molecular weight excluding hydrogens is 352 g/mol. The number of benzene rings is 2. The van der Waals surface area contributed by atoms with Gasteiger partial charge in [-0.1, -0.05) is 45.0 Å². The number of nitrogens with one attached hydrogen (secondary N) is 1. The molecular formula is C23H26N2O3. The Labute approximate surface area is 166 Å². The van der Waals surface area contributed by atoms with Crippen LogP contribution in [0.15, 0.2) is 48.5 Å². The lowest BCUT2D eigenvalue weighted by atomic mass is 9.87. The van der Waals surface area contributed by atoms with Crippen molar-refractivity contribution in [3.05, 3.63) is 59.7 Å². The third kappa shape index (κ3) is 4.60. The van der Waals surface area contributed by atoms with Gasteiger partial charge < -0.3 is 15.0 Å². The largest absolute Gasteiger partial charge is 0.489 e. The molecule has 0 bridgehead atoms. The molecule has 0 spiro atoms. The summed E-state index contributed by atoms with van der Waals surface area (Å²) >= 11 is 0. The fourth-order valence-corrected chi connectivity index (χ4v) is 3.07. The first kappa shape index (κ1) is 19.7. The second kappa shape index (κ2) is 7.89. The summed E-state index contributed by atoms with van der Waals surface area (Å²) in [5, 5.41) is 2.83. The number of nitrogens with zero attached hydrogens (tertiary/aromatic N) is 1. The van der Waals surface area contributed by atoms with Gasteiger partial charge in [0.2, 0.25) is 11.8 Å². The van der Waals surface area contributed by atoms with Gasteiger partial charge in [0.05, 0.1) is 12.2 Å². The Morgan fingerprint density at radius 2 is 1.82 bits per heavy atom. The van der Waals surface area contributed by atoms with Crippen LogP contribution in [0.25, 0.3) is 6.08 Å². The van der Waals surface area contributed by atoms with Gasteiger partial charge in [-0.3, -0.25) is 9.59 Å². The Bertz CT molecular complexity index is 908. The Morgan fingerprint density at radius 1 is 1.11 bits per heavy atom. The third-order valence-electron chi connectivity index (χ3n) is 4.67. The molecule has 0 atom stereocenters. The molecule has 1 aliphatic rings. The number of ether oxygens (including phenoxy) is 1. The molecule has 0 aromatic heterocycles. The van der Waals surface area contributed by atoms with Gasteiger partial charge in [-0.2, -0.15) is 0 Å². The van der Waals surface area contributed by atoms with Crippen molar-refractivity contribution in [2.75, 3.05) is 23.4 Å². The Balaban J connectivity index is 1.66. The van der Waals surface area contributed by atoms with Crippen LogP contribution in [0.1, 0.15) is 38.8 Å². The zero-order valence-corrected chi connectivity index (χ0v) is 16.8. The first-order valence-corrected chi connectivity index (χ1v) is 9.38. The van der Waals surface area contributed by atoms with Crippen LogP contribution in [0.5, 0.6) is 5.75 Å². The summed E-state index contributed by atoms with van der Waals surface area (Å²) in [5.74, 6) is 0.349. The Kier molecular flexibility index (Phi) is 5.54. The maximum absolute atomic E-state index is 12.2. The normalized spacial score (nSPS) is 13.8. The highest BCUT2D eigenvalue weighted by Gasteiger charge is 2.21. The van der Waals surface area contributed by atoms with E-state index in [2.05, 4.69) is 38.2 Å². The van der Waals surface area contributed by atoms with E-state index in [1.165, 1.54) is 18.6 Å². The fraction of sp³-hybridized carbons (Fsp3) is 0.304. The molecule has 5 nitrogen and oxygen atoms in total. The summed E-state index contributed by atoms with van der Waals surface area (Å²) in [7, 11) is 0. The monoisotopic (exact) mass is 378 g/mol. The molecule has 2 aromatic rings. The first-order chi connectivity index (χ1) is 13.2. The van der Waals surface area contributed by atoms with E-state index in [1.807, 2.05) is 12.1 Å². The molecule has 1 aliphatic heterocycles. The Hall–Kier alpha value is -3.08. The molecule has 146 valence electrons. The van der Waals surface area contributed by atoms with Gasteiger partial charge in [0.1, 0.15) is 12.4 Å². The molecule has 0 saturated heterocycles. The highest BCUT2D eigenvalue weighted by Crippen LogP contribution is 2.34. The van der Waals surface area contributed by atoms with E-state index in [4.69, 9.17) is 4.74 Å². The lowest BCUT2D eigenvalue weighted by Gasteiger charge is -2.28. The molecule has 0 fully saturated rings. The molecule has 2 amide bonds. The van der Waals surface area contributed by atoms with E-state index < -0.39 is 0 Å².